The Kier molecular flexibility index (Phi) is 3.49. The molecular formula is C18H14FN3O3. The normalized spacial score (nSPS) is 11.3. The summed E-state index contributed by atoms with van der Waals surface area (Å²) in [5.74, 6) is -0.175. The number of fused-ring (bicyclic) bond motifs is 1. The molecule has 2 heterocycles. The van der Waals surface area contributed by atoms with Crippen LogP contribution in [0.25, 0.3) is 33.9 Å². The van der Waals surface area contributed by atoms with Crippen molar-refractivity contribution in [2.24, 2.45) is 0 Å². The minimum atomic E-state index is -0.404. The highest BCUT2D eigenvalue weighted by Crippen LogP contribution is 2.26. The van der Waals surface area contributed by atoms with Crippen molar-refractivity contribution in [2.45, 2.75) is 20.4 Å². The molecule has 0 fully saturated rings. The smallest absolute Gasteiger partial charge is 0.408 e. The van der Waals surface area contributed by atoms with Gasteiger partial charge in [-0.05, 0) is 49.7 Å². The van der Waals surface area contributed by atoms with Crippen LogP contribution in [0.3, 0.4) is 0 Å². The van der Waals surface area contributed by atoms with Gasteiger partial charge in [-0.1, -0.05) is 11.2 Å². The van der Waals surface area contributed by atoms with Crippen molar-refractivity contribution in [1.29, 1.82) is 0 Å². The van der Waals surface area contributed by atoms with Gasteiger partial charge in [0.15, 0.2) is 5.58 Å². The predicted molar refractivity (Wildman–Crippen MR) is 89.6 cm³/mol. The third-order valence-corrected chi connectivity index (χ3v) is 4.09. The largest absolute Gasteiger partial charge is 0.419 e. The minimum Gasteiger partial charge on any atom is -0.408 e. The maximum atomic E-state index is 13.7. The van der Waals surface area contributed by atoms with Crippen LogP contribution in [0.5, 0.6) is 0 Å². The van der Waals surface area contributed by atoms with Gasteiger partial charge in [0, 0.05) is 17.7 Å². The highest BCUT2D eigenvalue weighted by Gasteiger charge is 2.14. The maximum absolute atomic E-state index is 13.7. The van der Waals surface area contributed by atoms with Crippen LogP contribution in [-0.2, 0) is 6.54 Å². The molecule has 2 aromatic heterocycles. The number of aromatic nitrogens is 3. The molecule has 0 N–H and O–H groups in total. The van der Waals surface area contributed by atoms with Gasteiger partial charge in [-0.3, -0.25) is 4.57 Å². The molecule has 0 spiro atoms. The second kappa shape index (κ2) is 5.70. The van der Waals surface area contributed by atoms with Gasteiger partial charge in [0.25, 0.3) is 5.89 Å². The average molecular weight is 339 g/mol. The molecule has 0 aliphatic rings. The van der Waals surface area contributed by atoms with E-state index in [4.69, 9.17) is 8.94 Å². The molecule has 0 saturated carbocycles. The molecule has 0 atom stereocenters. The van der Waals surface area contributed by atoms with Crippen molar-refractivity contribution in [3.8, 4) is 22.8 Å². The zero-order chi connectivity index (χ0) is 17.6. The fourth-order valence-electron chi connectivity index (χ4n) is 2.69. The summed E-state index contributed by atoms with van der Waals surface area (Å²) in [7, 11) is 0. The minimum absolute atomic E-state index is 0.224. The lowest BCUT2D eigenvalue weighted by atomic mass is 10.1. The predicted octanol–water partition coefficient (Wildman–Crippen LogP) is 3.78. The molecule has 0 radical (unpaired) electrons. The summed E-state index contributed by atoms with van der Waals surface area (Å²) in [6.45, 7) is 4.08. The van der Waals surface area contributed by atoms with Crippen LogP contribution >= 0.6 is 0 Å². The van der Waals surface area contributed by atoms with Crippen LogP contribution in [0.4, 0.5) is 4.39 Å². The van der Waals surface area contributed by atoms with E-state index in [1.165, 1.54) is 10.6 Å². The summed E-state index contributed by atoms with van der Waals surface area (Å²) in [5.41, 5.74) is 2.86. The highest BCUT2D eigenvalue weighted by atomic mass is 19.1. The summed E-state index contributed by atoms with van der Waals surface area (Å²) >= 11 is 0. The summed E-state index contributed by atoms with van der Waals surface area (Å²) in [5, 5.41) is 3.94. The van der Waals surface area contributed by atoms with Crippen molar-refractivity contribution in [3.05, 3.63) is 58.3 Å². The summed E-state index contributed by atoms with van der Waals surface area (Å²) < 4.78 is 25.7. The maximum Gasteiger partial charge on any atom is 0.419 e. The van der Waals surface area contributed by atoms with Gasteiger partial charge in [-0.15, -0.1) is 0 Å². The SMILES string of the molecule is CCn1c(=O)oc2cc(-c3noc(-c4ccc(C)c(F)c4)n3)ccc21. The molecule has 6 nitrogen and oxygen atoms in total. The lowest BCUT2D eigenvalue weighted by Crippen LogP contribution is -2.11. The third-order valence-electron chi connectivity index (χ3n) is 4.09. The van der Waals surface area contributed by atoms with Crippen LogP contribution in [0.1, 0.15) is 12.5 Å². The first-order valence-electron chi connectivity index (χ1n) is 7.81. The van der Waals surface area contributed by atoms with Crippen molar-refractivity contribution in [3.63, 3.8) is 0 Å². The zero-order valence-corrected chi connectivity index (χ0v) is 13.6. The monoisotopic (exact) mass is 339 g/mol. The van der Waals surface area contributed by atoms with E-state index in [-0.39, 0.29) is 11.7 Å². The van der Waals surface area contributed by atoms with E-state index in [0.29, 0.717) is 40.2 Å². The van der Waals surface area contributed by atoms with Crippen LogP contribution in [0, 0.1) is 12.7 Å². The lowest BCUT2D eigenvalue weighted by Gasteiger charge is -1.98. The first-order chi connectivity index (χ1) is 12.1. The number of benzene rings is 2. The molecule has 0 saturated heterocycles. The van der Waals surface area contributed by atoms with Crippen LogP contribution in [0.2, 0.25) is 0 Å². The van der Waals surface area contributed by atoms with Gasteiger partial charge in [0.1, 0.15) is 5.82 Å². The number of hydrogen-bond donors (Lipinski definition) is 0. The average Bonchev–Trinajstić information content (AvgIpc) is 3.20. The van der Waals surface area contributed by atoms with Crippen LogP contribution < -0.4 is 5.76 Å². The Balaban J connectivity index is 1.75. The highest BCUT2D eigenvalue weighted by molar-refractivity contribution is 5.79. The zero-order valence-electron chi connectivity index (χ0n) is 13.6. The van der Waals surface area contributed by atoms with Gasteiger partial charge in [0.2, 0.25) is 5.82 Å². The standard InChI is InChI=1S/C18H14FN3O3/c1-3-22-14-7-6-11(9-15(14)24-18(22)23)16-20-17(25-21-16)12-5-4-10(2)13(19)8-12/h4-9H,3H2,1-2H3. The summed E-state index contributed by atoms with van der Waals surface area (Å²) in [6, 6.07) is 9.99. The number of nitrogens with zero attached hydrogens (tertiary/aromatic N) is 3. The Bertz CT molecular complexity index is 1140. The first kappa shape index (κ1) is 15.3. The van der Waals surface area contributed by atoms with Crippen molar-refractivity contribution >= 4 is 11.1 Å². The molecule has 0 aliphatic heterocycles. The molecule has 0 unspecified atom stereocenters. The summed E-state index contributed by atoms with van der Waals surface area (Å²) in [6.07, 6.45) is 0. The van der Waals surface area contributed by atoms with E-state index in [2.05, 4.69) is 10.1 Å². The molecule has 4 aromatic rings. The van der Waals surface area contributed by atoms with E-state index >= 15 is 0 Å². The van der Waals surface area contributed by atoms with Gasteiger partial charge in [-0.2, -0.15) is 4.98 Å². The van der Waals surface area contributed by atoms with Gasteiger partial charge >= 0.3 is 5.76 Å². The molecular weight excluding hydrogens is 325 g/mol. The van der Waals surface area contributed by atoms with E-state index in [9.17, 15) is 9.18 Å². The molecule has 0 aliphatic carbocycles. The van der Waals surface area contributed by atoms with Crippen molar-refractivity contribution in [2.75, 3.05) is 0 Å². The molecule has 25 heavy (non-hydrogen) atoms. The Hall–Kier alpha value is -3.22. The van der Waals surface area contributed by atoms with E-state index < -0.39 is 5.76 Å². The number of rotatable bonds is 3. The van der Waals surface area contributed by atoms with Crippen molar-refractivity contribution in [1.82, 2.24) is 14.7 Å². The Labute approximate surface area is 141 Å². The second-order valence-corrected chi connectivity index (χ2v) is 5.68. The molecule has 126 valence electrons. The number of halogens is 1. The molecule has 4 rings (SSSR count). The molecule has 0 bridgehead atoms. The second-order valence-electron chi connectivity index (χ2n) is 5.68. The fourth-order valence-corrected chi connectivity index (χ4v) is 2.69. The van der Waals surface area contributed by atoms with Gasteiger partial charge in [0.05, 0.1) is 5.52 Å². The molecule has 0 amide bonds. The summed E-state index contributed by atoms with van der Waals surface area (Å²) in [4.78, 5) is 16.1. The third kappa shape index (κ3) is 2.53. The van der Waals surface area contributed by atoms with Gasteiger partial charge < -0.3 is 8.94 Å². The fraction of sp³-hybridized carbons (Fsp3) is 0.167. The van der Waals surface area contributed by atoms with E-state index in [0.717, 1.165) is 0 Å². The Morgan fingerprint density at radius 3 is 2.72 bits per heavy atom. The first-order valence-corrected chi connectivity index (χ1v) is 7.81. The van der Waals surface area contributed by atoms with E-state index in [1.807, 2.05) is 6.92 Å². The Morgan fingerprint density at radius 1 is 1.16 bits per heavy atom. The van der Waals surface area contributed by atoms with E-state index in [1.54, 1.807) is 37.3 Å². The number of aryl methyl sites for hydroxylation is 2. The molecule has 2 aromatic carbocycles. The quantitative estimate of drug-likeness (QED) is 0.568. The van der Waals surface area contributed by atoms with Crippen LogP contribution in [-0.4, -0.2) is 14.7 Å². The number of hydrogen-bond acceptors (Lipinski definition) is 5. The van der Waals surface area contributed by atoms with Crippen LogP contribution in [0.15, 0.2) is 50.1 Å². The van der Waals surface area contributed by atoms with Gasteiger partial charge in [-0.25, -0.2) is 9.18 Å². The lowest BCUT2D eigenvalue weighted by molar-refractivity contribution is 0.432. The van der Waals surface area contributed by atoms with Crippen molar-refractivity contribution < 1.29 is 13.3 Å². The Morgan fingerprint density at radius 2 is 1.96 bits per heavy atom. The number of oxazole rings is 1. The topological polar surface area (TPSA) is 74.1 Å². The molecule has 7 heteroatoms.